The summed E-state index contributed by atoms with van der Waals surface area (Å²) >= 11 is 0. The summed E-state index contributed by atoms with van der Waals surface area (Å²) < 4.78 is 43.4. The van der Waals surface area contributed by atoms with Crippen molar-refractivity contribution in [3.8, 4) is 0 Å². The molecule has 1 fully saturated rings. The van der Waals surface area contributed by atoms with Crippen LogP contribution in [0.3, 0.4) is 0 Å². The first-order valence-corrected chi connectivity index (χ1v) is 6.04. The lowest BCUT2D eigenvalue weighted by atomic mass is 9.81. The van der Waals surface area contributed by atoms with Gasteiger partial charge in [-0.15, -0.1) is 10.2 Å². The van der Waals surface area contributed by atoms with Crippen molar-refractivity contribution in [1.82, 2.24) is 15.5 Å². The second-order valence-corrected chi connectivity index (χ2v) is 4.67. The zero-order valence-electron chi connectivity index (χ0n) is 10.1. The van der Waals surface area contributed by atoms with Gasteiger partial charge in [0.1, 0.15) is 0 Å². The Morgan fingerprint density at radius 3 is 2.78 bits per heavy atom. The topological polar surface area (TPSA) is 51.0 Å². The Morgan fingerprint density at radius 2 is 2.11 bits per heavy atom. The van der Waals surface area contributed by atoms with Gasteiger partial charge in [-0.2, -0.15) is 13.2 Å². The molecular weight excluding hydrogens is 247 g/mol. The Kier molecular flexibility index (Phi) is 3.89. The molecule has 4 nitrogen and oxygen atoms in total. The Hall–Kier alpha value is -1.11. The molecule has 1 aliphatic rings. The lowest BCUT2D eigenvalue weighted by Crippen LogP contribution is -2.28. The van der Waals surface area contributed by atoms with Crippen LogP contribution in [0.5, 0.6) is 0 Å². The number of alkyl halides is 3. The highest BCUT2D eigenvalue weighted by Crippen LogP contribution is 2.43. The first kappa shape index (κ1) is 13.3. The highest BCUT2D eigenvalue weighted by molar-refractivity contribution is 4.95. The minimum Gasteiger partial charge on any atom is -0.424 e. The third kappa shape index (κ3) is 3.01. The van der Waals surface area contributed by atoms with Gasteiger partial charge in [0, 0.05) is 5.92 Å². The van der Waals surface area contributed by atoms with E-state index in [1.54, 1.807) is 7.05 Å². The third-order valence-corrected chi connectivity index (χ3v) is 3.30. The number of aromatic nitrogens is 2. The molecule has 0 bridgehead atoms. The van der Waals surface area contributed by atoms with Crippen LogP contribution in [0.25, 0.3) is 0 Å². The lowest BCUT2D eigenvalue weighted by molar-refractivity contribution is -0.183. The molecule has 2 unspecified atom stereocenters. The molecule has 2 rings (SSSR count). The molecule has 1 heterocycles. The molecule has 1 aromatic rings. The summed E-state index contributed by atoms with van der Waals surface area (Å²) in [4.78, 5) is 0. The van der Waals surface area contributed by atoms with Gasteiger partial charge in [0.15, 0.2) is 0 Å². The molecule has 0 amide bonds. The maximum Gasteiger partial charge on any atom is 0.391 e. The molecule has 1 saturated carbocycles. The van der Waals surface area contributed by atoms with Crippen LogP contribution in [0.1, 0.15) is 43.4 Å². The monoisotopic (exact) mass is 263 g/mol. The van der Waals surface area contributed by atoms with E-state index in [-0.39, 0.29) is 18.8 Å². The van der Waals surface area contributed by atoms with Crippen LogP contribution in [0, 0.1) is 5.92 Å². The van der Waals surface area contributed by atoms with E-state index >= 15 is 0 Å². The van der Waals surface area contributed by atoms with Crippen molar-refractivity contribution >= 4 is 0 Å². The summed E-state index contributed by atoms with van der Waals surface area (Å²) in [5.41, 5.74) is 0. The first-order valence-electron chi connectivity index (χ1n) is 6.04. The Morgan fingerprint density at radius 1 is 1.33 bits per heavy atom. The average Bonchev–Trinajstić information content (AvgIpc) is 2.77. The third-order valence-electron chi connectivity index (χ3n) is 3.30. The fraction of sp³-hybridized carbons (Fsp3) is 0.818. The number of rotatable bonds is 3. The van der Waals surface area contributed by atoms with E-state index in [1.807, 2.05) is 0 Å². The molecule has 7 heteroatoms. The fourth-order valence-electron chi connectivity index (χ4n) is 2.37. The molecule has 0 aromatic carbocycles. The minimum absolute atomic E-state index is 0.0602. The molecule has 0 saturated heterocycles. The van der Waals surface area contributed by atoms with Gasteiger partial charge in [0.05, 0.1) is 12.5 Å². The van der Waals surface area contributed by atoms with Gasteiger partial charge in [0.2, 0.25) is 11.8 Å². The molecule has 2 atom stereocenters. The SMILES string of the molecule is CNCc1nnc(C2CCCC(C(F)(F)F)C2)o1. The molecule has 0 radical (unpaired) electrons. The van der Waals surface area contributed by atoms with E-state index in [0.29, 0.717) is 31.2 Å². The van der Waals surface area contributed by atoms with Crippen LogP contribution in [-0.4, -0.2) is 23.4 Å². The fourth-order valence-corrected chi connectivity index (χ4v) is 2.37. The Bertz CT molecular complexity index is 391. The quantitative estimate of drug-likeness (QED) is 0.910. The molecule has 1 N–H and O–H groups in total. The number of nitrogens with one attached hydrogen (secondary N) is 1. The Labute approximate surface area is 103 Å². The summed E-state index contributed by atoms with van der Waals surface area (Å²) in [7, 11) is 1.74. The van der Waals surface area contributed by atoms with Crippen molar-refractivity contribution < 1.29 is 17.6 Å². The van der Waals surface area contributed by atoms with E-state index in [4.69, 9.17) is 4.42 Å². The van der Waals surface area contributed by atoms with Gasteiger partial charge >= 0.3 is 6.18 Å². The van der Waals surface area contributed by atoms with E-state index in [9.17, 15) is 13.2 Å². The van der Waals surface area contributed by atoms with Gasteiger partial charge in [-0.3, -0.25) is 0 Å². The van der Waals surface area contributed by atoms with Gasteiger partial charge in [-0.1, -0.05) is 6.42 Å². The van der Waals surface area contributed by atoms with Crippen molar-refractivity contribution in [2.24, 2.45) is 5.92 Å². The first-order chi connectivity index (χ1) is 8.50. The largest absolute Gasteiger partial charge is 0.424 e. The molecule has 1 aromatic heterocycles. The lowest BCUT2D eigenvalue weighted by Gasteiger charge is -2.28. The predicted molar refractivity (Wildman–Crippen MR) is 57.8 cm³/mol. The van der Waals surface area contributed by atoms with Crippen molar-refractivity contribution in [3.05, 3.63) is 11.8 Å². The van der Waals surface area contributed by atoms with Crippen LogP contribution < -0.4 is 5.32 Å². The minimum atomic E-state index is -4.12. The molecule has 1 aliphatic carbocycles. The molecule has 0 spiro atoms. The van der Waals surface area contributed by atoms with Crippen LogP contribution in [0.15, 0.2) is 4.42 Å². The summed E-state index contributed by atoms with van der Waals surface area (Å²) in [6.45, 7) is 0.433. The predicted octanol–water partition coefficient (Wildman–Crippen LogP) is 2.63. The van der Waals surface area contributed by atoms with E-state index in [1.165, 1.54) is 0 Å². The van der Waals surface area contributed by atoms with Crippen LogP contribution in [0.2, 0.25) is 0 Å². The van der Waals surface area contributed by atoms with Gasteiger partial charge < -0.3 is 9.73 Å². The second kappa shape index (κ2) is 5.26. The normalized spacial score (nSPS) is 25.3. The zero-order valence-corrected chi connectivity index (χ0v) is 10.1. The van der Waals surface area contributed by atoms with Crippen molar-refractivity contribution in [1.29, 1.82) is 0 Å². The van der Waals surface area contributed by atoms with Crippen LogP contribution in [0.4, 0.5) is 13.2 Å². The summed E-state index contributed by atoms with van der Waals surface area (Å²) in [5, 5.41) is 10.5. The molecule has 18 heavy (non-hydrogen) atoms. The van der Waals surface area contributed by atoms with Gasteiger partial charge in [0.25, 0.3) is 0 Å². The molecular formula is C11H16F3N3O. The second-order valence-electron chi connectivity index (χ2n) is 4.67. The van der Waals surface area contributed by atoms with Gasteiger partial charge in [-0.25, -0.2) is 0 Å². The number of hydrogen-bond donors (Lipinski definition) is 1. The number of halogens is 3. The summed E-state index contributed by atoms with van der Waals surface area (Å²) in [6, 6.07) is 0. The van der Waals surface area contributed by atoms with E-state index in [2.05, 4.69) is 15.5 Å². The van der Waals surface area contributed by atoms with Crippen molar-refractivity contribution in [2.45, 2.75) is 44.3 Å². The maximum atomic E-state index is 12.7. The summed E-state index contributed by atoms with van der Waals surface area (Å²) in [6.07, 6.45) is -2.61. The van der Waals surface area contributed by atoms with Crippen molar-refractivity contribution in [2.75, 3.05) is 7.05 Å². The molecule has 0 aliphatic heterocycles. The highest BCUT2D eigenvalue weighted by Gasteiger charge is 2.43. The number of hydrogen-bond acceptors (Lipinski definition) is 4. The van der Waals surface area contributed by atoms with E-state index < -0.39 is 12.1 Å². The average molecular weight is 263 g/mol. The van der Waals surface area contributed by atoms with Crippen LogP contribution >= 0.6 is 0 Å². The standard InChI is InChI=1S/C11H16F3N3O/c1-15-6-9-16-17-10(18-9)7-3-2-4-8(5-7)11(12,13)14/h7-8,15H,2-6H2,1H3. The zero-order chi connectivity index (χ0) is 13.2. The smallest absolute Gasteiger partial charge is 0.391 e. The van der Waals surface area contributed by atoms with E-state index in [0.717, 1.165) is 0 Å². The van der Waals surface area contributed by atoms with Crippen molar-refractivity contribution in [3.63, 3.8) is 0 Å². The highest BCUT2D eigenvalue weighted by atomic mass is 19.4. The van der Waals surface area contributed by atoms with Crippen LogP contribution in [-0.2, 0) is 6.54 Å². The maximum absolute atomic E-state index is 12.7. The molecule has 102 valence electrons. The van der Waals surface area contributed by atoms with Gasteiger partial charge in [-0.05, 0) is 26.3 Å². The number of nitrogens with zero attached hydrogens (tertiary/aromatic N) is 2. The Balaban J connectivity index is 2.03. The summed E-state index contributed by atoms with van der Waals surface area (Å²) in [5.74, 6) is -0.741.